The summed E-state index contributed by atoms with van der Waals surface area (Å²) in [5.74, 6) is 8.32. The van der Waals surface area contributed by atoms with Crippen LogP contribution in [0.15, 0.2) is 24.8 Å². The van der Waals surface area contributed by atoms with Gasteiger partial charge in [-0.15, -0.1) is 0 Å². The van der Waals surface area contributed by atoms with Crippen molar-refractivity contribution in [1.29, 1.82) is 0 Å². The molecule has 3 N–H and O–H groups in total. The molecule has 0 radical (unpaired) electrons. The van der Waals surface area contributed by atoms with Crippen molar-refractivity contribution >= 4 is 34.0 Å². The minimum Gasteiger partial charge on any atom is -1.00 e. The molecule has 0 spiro atoms. The quantitative estimate of drug-likeness (QED) is 0.0737. The Morgan fingerprint density at radius 1 is 0.692 bits per heavy atom. The summed E-state index contributed by atoms with van der Waals surface area (Å²) in [5, 5.41) is 41.7. The van der Waals surface area contributed by atoms with E-state index in [0.29, 0.717) is 78.5 Å². The zero-order chi connectivity index (χ0) is 52.8. The molecule has 0 amide bonds. The molecular weight excluding hydrogens is 1110 g/mol. The number of carbonyl (C=O) groups excluding carboxylic acids is 3. The zero-order valence-electron chi connectivity index (χ0n) is 48.4. The smallest absolute Gasteiger partial charge is 1.00 e. The molecule has 16 atom stereocenters. The van der Waals surface area contributed by atoms with Crippen LogP contribution in [0, 0.1) is 80.8 Å². The summed E-state index contributed by atoms with van der Waals surface area (Å²) in [6, 6.07) is 0. The fourth-order valence-electron chi connectivity index (χ4n) is 18.0. The van der Waals surface area contributed by atoms with E-state index in [1.165, 1.54) is 57.8 Å². The summed E-state index contributed by atoms with van der Waals surface area (Å²) in [6.45, 7) is 16.2. The third-order valence-corrected chi connectivity index (χ3v) is 22.0. The van der Waals surface area contributed by atoms with Crippen LogP contribution in [0.25, 0.3) is 0 Å². The maximum absolute atomic E-state index is 13.5. The molecule has 0 aromatic carbocycles. The van der Waals surface area contributed by atoms with Crippen molar-refractivity contribution in [3.8, 4) is 11.5 Å². The van der Waals surface area contributed by atoms with Crippen molar-refractivity contribution in [2.75, 3.05) is 46.0 Å². The molecule has 438 valence electrons. The van der Waals surface area contributed by atoms with Gasteiger partial charge in [-0.1, -0.05) is 65.9 Å². The first-order chi connectivity index (χ1) is 34.8. The van der Waals surface area contributed by atoms with E-state index in [1.54, 1.807) is 37.5 Å². The molecule has 8 aliphatic carbocycles. The number of methoxy groups -OCH3 is 2. The molecule has 0 saturated heterocycles. The van der Waals surface area contributed by atoms with Gasteiger partial charge in [0.15, 0.2) is 17.3 Å². The van der Waals surface area contributed by atoms with Gasteiger partial charge in [0.2, 0.25) is 0 Å². The number of ketones is 2. The Kier molecular flexibility index (Phi) is 30.8. The minimum atomic E-state index is -0.644. The number of hydrogen-bond acceptors (Lipinski definition) is 13. The summed E-state index contributed by atoms with van der Waals surface area (Å²) >= 11 is 3.43. The maximum Gasteiger partial charge on any atom is 1.00 e. The topological polar surface area (TPSA) is 207 Å². The number of aromatic nitrogens is 4. The first kappa shape index (κ1) is 74.5. The fourth-order valence-corrected chi connectivity index (χ4v) is 18.4. The van der Waals surface area contributed by atoms with Crippen molar-refractivity contribution in [3.05, 3.63) is 24.8 Å². The molecule has 0 aliphatic heterocycles. The van der Waals surface area contributed by atoms with Gasteiger partial charge in [-0.25, -0.2) is 0 Å². The third kappa shape index (κ3) is 15.9. The molecule has 8 aliphatic rings. The normalized spacial score (nSPS) is 38.2. The Morgan fingerprint density at radius 2 is 1.14 bits per heavy atom. The van der Waals surface area contributed by atoms with Crippen LogP contribution < -0.4 is 118 Å². The summed E-state index contributed by atoms with van der Waals surface area (Å²) in [7, 11) is 3.40. The number of fused-ring (bicyclic) bond motifs is 10. The van der Waals surface area contributed by atoms with Gasteiger partial charge in [-0.05, 0) is 198 Å². The minimum absolute atomic E-state index is 0. The standard InChI is InChI=1S/C28H44N2O4.C23H37BrO3.C5H8N2O.CH2O3.3CH4.2K.H/c1-5-34-20-15-29-30(16-20)17-25(31)24-9-8-22-21-7-6-19-14-28(32,18-33-4)13-12-26(19,2)23(21)10-11-27(22,24)3;1-21-10-11-23(26,14-27-3)12-15(21)4-5-16-17-6-7-19(20(25)13-24)22(17,2)9-8-18(16)21;1-2-8-5-3-6-7-4-5;2-1-4-3;;;;;;/h15-16,19,21-24,32H,5-14,17-18H2,1-4H3;15-19,26H,4-14H2,1-3H3;3-4H,2H2,1H3,(H,6,7);1,3H;3*1H4;;;/q;;;;;;;2*+1;-1/p-1/t19-,21-,22-,23-,24+,26-,27-,28+;15-,16-,17-,18-,19+,21-,22-,23+;;;;;;;;/m00......../s1. The van der Waals surface area contributed by atoms with E-state index in [4.69, 9.17) is 29.0 Å². The van der Waals surface area contributed by atoms with Crippen LogP contribution >= 0.6 is 15.9 Å². The van der Waals surface area contributed by atoms with Crippen LogP contribution in [0.2, 0.25) is 0 Å². The van der Waals surface area contributed by atoms with Gasteiger partial charge in [0.05, 0.1) is 74.3 Å². The molecule has 15 nitrogen and oxygen atoms in total. The van der Waals surface area contributed by atoms with E-state index < -0.39 is 11.2 Å². The van der Waals surface area contributed by atoms with Crippen LogP contribution in [-0.2, 0) is 35.3 Å². The Morgan fingerprint density at radius 3 is 1.55 bits per heavy atom. The SMILES string of the molecule is C.C.C.CCOc1cn[nH]c1.CCOc1cnn(CC(=O)[C@H]2CC[C@H]3[C@@H]4CC[C@H]5C[C@@](O)(COC)CC[C@]5(C)[C@H]4CC[C@]23C)c1.COC[C@@]1(O)CC[C@@]2(C)[C@@H](CC[C@@H]3[C@@H]2CC[C@]2(C)[C@@H](C(=O)CBr)CC[C@@H]32)C1.O=CO[O-].[H-].[K+].[K+]. The molecular formula is C60H103BrK2N4O11. The van der Waals surface area contributed by atoms with E-state index in [-0.39, 0.29) is 156 Å². The van der Waals surface area contributed by atoms with Crippen LogP contribution in [0.4, 0.5) is 0 Å². The predicted octanol–water partition coefficient (Wildman–Crippen LogP) is 5.15. The molecule has 2 aromatic rings. The zero-order valence-corrected chi connectivity index (χ0v) is 55.3. The van der Waals surface area contributed by atoms with Crippen molar-refractivity contribution in [2.24, 2.45) is 80.8 Å². The van der Waals surface area contributed by atoms with Crippen LogP contribution in [-0.4, -0.2) is 105 Å². The van der Waals surface area contributed by atoms with Crippen LogP contribution in [0.5, 0.6) is 11.5 Å². The van der Waals surface area contributed by atoms with E-state index in [1.807, 2.05) is 20.0 Å². The number of halogens is 1. The molecule has 10 rings (SSSR count). The molecule has 2 heterocycles. The molecule has 18 heteroatoms. The van der Waals surface area contributed by atoms with Gasteiger partial charge in [-0.2, -0.15) is 10.2 Å². The largest absolute Gasteiger partial charge is 1.00 e. The number of carbonyl (C=O) groups is 3. The summed E-state index contributed by atoms with van der Waals surface area (Å²) in [6.07, 6.45) is 27.1. The van der Waals surface area contributed by atoms with Gasteiger partial charge in [-0.3, -0.25) is 24.2 Å². The number of rotatable bonds is 14. The second-order valence-electron chi connectivity index (χ2n) is 24.8. The average molecular weight is 1210 g/mol. The third-order valence-electron chi connectivity index (χ3n) is 21.4. The van der Waals surface area contributed by atoms with E-state index in [2.05, 4.69) is 63.8 Å². The molecule has 78 heavy (non-hydrogen) atoms. The van der Waals surface area contributed by atoms with Crippen molar-refractivity contribution in [1.82, 2.24) is 20.0 Å². The molecule has 8 fully saturated rings. The number of ether oxygens (including phenoxy) is 4. The van der Waals surface area contributed by atoms with Crippen molar-refractivity contribution < 1.29 is 158 Å². The number of nitrogens with zero attached hydrogens (tertiary/aromatic N) is 3. The van der Waals surface area contributed by atoms with E-state index >= 15 is 0 Å². The van der Waals surface area contributed by atoms with Gasteiger partial charge in [0.1, 0.15) is 5.78 Å². The molecule has 2 aromatic heterocycles. The molecule has 0 unspecified atom stereocenters. The summed E-state index contributed by atoms with van der Waals surface area (Å²) < 4.78 is 23.0. The Hall–Kier alpha value is 0.383. The number of H-pyrrole nitrogens is 1. The average Bonchev–Trinajstić information content (AvgIpc) is 4.19. The Bertz CT molecular complexity index is 2130. The summed E-state index contributed by atoms with van der Waals surface area (Å²) in [5.41, 5.74) is -0.244. The number of nitrogens with one attached hydrogen (secondary N) is 1. The number of Topliss-reactive ketones (excluding diaryl/α,β-unsaturated/α-hetero) is 2. The van der Waals surface area contributed by atoms with Gasteiger partial charge >= 0.3 is 103 Å². The number of aliphatic hydroxyl groups is 2. The van der Waals surface area contributed by atoms with E-state index in [9.17, 15) is 19.8 Å². The van der Waals surface area contributed by atoms with Crippen LogP contribution in [0.3, 0.4) is 0 Å². The van der Waals surface area contributed by atoms with Crippen LogP contribution in [0.1, 0.15) is 181 Å². The van der Waals surface area contributed by atoms with Crippen molar-refractivity contribution in [3.63, 3.8) is 0 Å². The first-order valence-electron chi connectivity index (χ1n) is 27.9. The second-order valence-corrected chi connectivity index (χ2v) is 25.4. The first-order valence-corrected chi connectivity index (χ1v) is 29.0. The fraction of sp³-hybridized carbons (Fsp3) is 0.850. The number of alkyl halides is 1. The molecule has 8 saturated carbocycles. The predicted molar refractivity (Wildman–Crippen MR) is 300 cm³/mol. The van der Waals surface area contributed by atoms with Gasteiger partial charge < -0.3 is 40.7 Å². The maximum atomic E-state index is 13.5. The van der Waals surface area contributed by atoms with Gasteiger partial charge in [0, 0.05) is 26.1 Å². The van der Waals surface area contributed by atoms with E-state index in [0.717, 1.165) is 98.9 Å². The summed E-state index contributed by atoms with van der Waals surface area (Å²) in [4.78, 5) is 37.3. The molecule has 0 bridgehead atoms. The number of aromatic amines is 1. The Balaban J connectivity index is 0.000000622. The number of hydrogen-bond donors (Lipinski definition) is 3. The monoisotopic (exact) mass is 1210 g/mol. The van der Waals surface area contributed by atoms with Crippen molar-refractivity contribution in [2.45, 2.75) is 197 Å². The second kappa shape index (κ2) is 32.2. The van der Waals surface area contributed by atoms with Gasteiger partial charge in [0.25, 0.3) is 6.47 Å². The Labute approximate surface area is 565 Å².